The van der Waals surface area contributed by atoms with E-state index in [1.54, 1.807) is 0 Å². The predicted octanol–water partition coefficient (Wildman–Crippen LogP) is 1.59. The van der Waals surface area contributed by atoms with Crippen LogP contribution in [-0.2, 0) is 12.7 Å². The van der Waals surface area contributed by atoms with Crippen molar-refractivity contribution in [1.29, 1.82) is 0 Å². The van der Waals surface area contributed by atoms with Crippen LogP contribution in [0.2, 0.25) is 0 Å². The summed E-state index contributed by atoms with van der Waals surface area (Å²) < 4.78 is 16.4. The highest BCUT2D eigenvalue weighted by atomic mass is 35.5. The van der Waals surface area contributed by atoms with Crippen LogP contribution in [0.5, 0.6) is 0 Å². The lowest BCUT2D eigenvalue weighted by molar-refractivity contribution is 0.310. The molecule has 0 radical (unpaired) electrons. The fourth-order valence-corrected chi connectivity index (χ4v) is 0.287. The Morgan fingerprint density at radius 3 is 1.62 bits per heavy atom. The quantitative estimate of drug-likeness (QED) is 0.635. The van der Waals surface area contributed by atoms with Crippen LogP contribution in [0.1, 0.15) is 0 Å². The lowest BCUT2D eigenvalue weighted by Gasteiger charge is -1.95. The Hall–Kier alpha value is 0.650. The summed E-state index contributed by atoms with van der Waals surface area (Å²) in [5, 5.41) is 0. The molecule has 0 aromatic carbocycles. The first kappa shape index (κ1) is 11.4. The van der Waals surface area contributed by atoms with Crippen molar-refractivity contribution < 1.29 is 17.6 Å². The van der Waals surface area contributed by atoms with Crippen molar-refractivity contribution in [3.63, 3.8) is 0 Å². The molecule has 0 unspecified atom stereocenters. The summed E-state index contributed by atoms with van der Waals surface area (Å²) in [5.41, 5.74) is 0. The Morgan fingerprint density at radius 2 is 1.62 bits per heavy atom. The Labute approximate surface area is 56.0 Å². The summed E-state index contributed by atoms with van der Waals surface area (Å²) in [5.74, 6) is 0. The molecule has 5 nitrogen and oxygen atoms in total. The van der Waals surface area contributed by atoms with Crippen LogP contribution >= 0.6 is 31.6 Å². The van der Waals surface area contributed by atoms with E-state index in [9.17, 15) is 4.57 Å². The van der Waals surface area contributed by atoms with Crippen molar-refractivity contribution in [1.82, 2.24) is 6.15 Å². The van der Waals surface area contributed by atoms with Gasteiger partial charge in [0.1, 0.15) is 0 Å². The van der Waals surface area contributed by atoms with Crippen LogP contribution < -0.4 is 6.15 Å². The number of phosphoric acid groups is 1. The molecule has 0 saturated heterocycles. The van der Waals surface area contributed by atoms with E-state index < -0.39 is 7.82 Å². The van der Waals surface area contributed by atoms with Gasteiger partial charge in [0.05, 0.1) is 23.7 Å². The Morgan fingerprint density at radius 1 is 1.38 bits per heavy atom. The van der Waals surface area contributed by atoms with E-state index >= 15 is 0 Å². The topological polar surface area (TPSA) is 90.8 Å². The van der Waals surface area contributed by atoms with Gasteiger partial charge in [0, 0.05) is 0 Å². The minimum absolute atomic E-state index is 0. The molecule has 0 aliphatic heterocycles. The zero-order valence-electron chi connectivity index (χ0n) is 3.58. The van der Waals surface area contributed by atoms with Crippen LogP contribution in [0.4, 0.5) is 0 Å². The van der Waals surface area contributed by atoms with E-state index in [2.05, 4.69) is 31.9 Å². The summed E-state index contributed by atoms with van der Waals surface area (Å²) in [6.07, 6.45) is 0. The minimum Gasteiger partial charge on any atom is -0.344 e. The van der Waals surface area contributed by atoms with Crippen LogP contribution in [0, 0.1) is 0 Å². The zero-order valence-corrected chi connectivity index (χ0v) is 5.99. The molecule has 0 aliphatic carbocycles. The number of halogens is 2. The average molecular weight is 184 g/mol. The van der Waals surface area contributed by atoms with Crippen molar-refractivity contribution in [3.8, 4) is 0 Å². The van der Waals surface area contributed by atoms with E-state index in [-0.39, 0.29) is 6.15 Å². The molecule has 0 rings (SSSR count). The summed E-state index contributed by atoms with van der Waals surface area (Å²) in [7, 11) is -4.12. The normalized spacial score (nSPS) is 10.4. The third-order valence-corrected chi connectivity index (χ3v) is 1.57. The fourth-order valence-electron chi connectivity index (χ4n) is 0.0106. The van der Waals surface area contributed by atoms with Crippen molar-refractivity contribution >= 4 is 31.6 Å². The maximum Gasteiger partial charge on any atom is 0.505 e. The predicted molar refractivity (Wildman–Crippen MR) is 28.7 cm³/mol. The van der Waals surface area contributed by atoms with Gasteiger partial charge in [0.15, 0.2) is 0 Å². The molecule has 0 spiro atoms. The first-order chi connectivity index (χ1) is 3.12. The monoisotopic (exact) mass is 183 g/mol. The molecule has 0 fully saturated rings. The van der Waals surface area contributed by atoms with Gasteiger partial charge in [-0.1, -0.05) is 0 Å². The van der Waals surface area contributed by atoms with E-state index in [1.807, 2.05) is 0 Å². The Kier molecular flexibility index (Phi) is 6.47. The second-order valence-electron chi connectivity index (χ2n) is 0.607. The van der Waals surface area contributed by atoms with Crippen LogP contribution in [0.3, 0.4) is 0 Å². The second-order valence-corrected chi connectivity index (χ2v) is 2.65. The molecule has 0 saturated carbocycles. The van der Waals surface area contributed by atoms with E-state index in [0.717, 1.165) is 0 Å². The molecule has 0 aromatic heterocycles. The second kappa shape index (κ2) is 4.52. The smallest absolute Gasteiger partial charge is 0.344 e. The van der Waals surface area contributed by atoms with Gasteiger partial charge < -0.3 is 11.0 Å². The van der Waals surface area contributed by atoms with Crippen molar-refractivity contribution in [2.75, 3.05) is 0 Å². The lowest BCUT2D eigenvalue weighted by Crippen LogP contribution is -1.73. The maximum atomic E-state index is 9.80. The SMILES string of the molecule is N.O=P(O)(OCl)OCl. The molecular weight excluding hydrogens is 180 g/mol. The molecule has 0 bridgehead atoms. The van der Waals surface area contributed by atoms with Gasteiger partial charge in [0.25, 0.3) is 0 Å². The molecule has 8 heavy (non-hydrogen) atoms. The summed E-state index contributed by atoms with van der Waals surface area (Å²) >= 11 is 8.74. The van der Waals surface area contributed by atoms with Crippen molar-refractivity contribution in [2.24, 2.45) is 0 Å². The highest BCUT2D eigenvalue weighted by Gasteiger charge is 2.18. The van der Waals surface area contributed by atoms with Gasteiger partial charge in [0.2, 0.25) is 0 Å². The van der Waals surface area contributed by atoms with Crippen molar-refractivity contribution in [2.45, 2.75) is 0 Å². The van der Waals surface area contributed by atoms with Crippen LogP contribution in [0.25, 0.3) is 0 Å². The average Bonchev–Trinajstić information content (AvgIpc) is 1.68. The van der Waals surface area contributed by atoms with Gasteiger partial charge in [-0.2, -0.15) is 8.15 Å². The molecule has 0 aliphatic rings. The third-order valence-electron chi connectivity index (χ3n) is 0.174. The molecule has 52 valence electrons. The highest BCUT2D eigenvalue weighted by Crippen LogP contribution is 2.45. The van der Waals surface area contributed by atoms with Gasteiger partial charge in [-0.05, 0) is 0 Å². The molecule has 0 heterocycles. The maximum absolute atomic E-state index is 9.80. The van der Waals surface area contributed by atoms with E-state index in [4.69, 9.17) is 4.89 Å². The van der Waals surface area contributed by atoms with Gasteiger partial charge >= 0.3 is 7.82 Å². The minimum atomic E-state index is -4.12. The zero-order chi connectivity index (χ0) is 5.91. The molecule has 0 amide bonds. The Balaban J connectivity index is 0. The Bertz CT molecular complexity index is 86.0. The summed E-state index contributed by atoms with van der Waals surface area (Å²) in [4.78, 5) is 7.98. The van der Waals surface area contributed by atoms with Gasteiger partial charge in [-0.15, -0.1) is 0 Å². The molecule has 0 atom stereocenters. The number of rotatable bonds is 2. The molecule has 4 N–H and O–H groups in total. The van der Waals surface area contributed by atoms with E-state index in [0.29, 0.717) is 0 Å². The van der Waals surface area contributed by atoms with E-state index in [1.165, 1.54) is 0 Å². The largest absolute Gasteiger partial charge is 0.505 e. The lowest BCUT2D eigenvalue weighted by atomic mass is 14.0. The summed E-state index contributed by atoms with van der Waals surface area (Å²) in [6, 6.07) is 0. The third kappa shape index (κ3) is 4.80. The molecular formula is H4Cl2NO4P. The number of hydrogen-bond donors (Lipinski definition) is 2. The first-order valence-corrected chi connectivity index (χ1v) is 3.17. The van der Waals surface area contributed by atoms with Crippen LogP contribution in [0.15, 0.2) is 0 Å². The van der Waals surface area contributed by atoms with Crippen LogP contribution in [-0.4, -0.2) is 4.89 Å². The van der Waals surface area contributed by atoms with Gasteiger partial charge in [-0.3, -0.25) is 0 Å². The standard InChI is InChI=1S/Cl2HO4P.H3N/c1-5-7(3,4)6-2;/h(H,3,4);1H3. The summed E-state index contributed by atoms with van der Waals surface area (Å²) in [6.45, 7) is 0. The van der Waals surface area contributed by atoms with Crippen molar-refractivity contribution in [3.05, 3.63) is 0 Å². The fraction of sp³-hybridized carbons (Fsp3) is 0. The molecule has 0 aromatic rings. The molecule has 8 heteroatoms. The first-order valence-electron chi connectivity index (χ1n) is 1.06. The van der Waals surface area contributed by atoms with Gasteiger partial charge in [-0.25, -0.2) is 4.57 Å². The number of hydrogen-bond acceptors (Lipinski definition) is 4. The highest BCUT2D eigenvalue weighted by molar-refractivity contribution is 7.49.